The molecule has 1 aromatic rings. The number of piperazine rings is 1. The average Bonchev–Trinajstić information content (AvgIpc) is 2.39. The largest absolute Gasteiger partial charge is 0.368 e. The smallest absolute Gasteiger partial charge is 0.269 e. The highest BCUT2D eigenvalue weighted by Gasteiger charge is 2.18. The van der Waals surface area contributed by atoms with Gasteiger partial charge in [0.05, 0.1) is 5.56 Å². The van der Waals surface area contributed by atoms with Crippen LogP contribution in [-0.4, -0.2) is 44.1 Å². The number of anilines is 1. The van der Waals surface area contributed by atoms with Crippen molar-refractivity contribution in [2.45, 2.75) is 0 Å². The summed E-state index contributed by atoms with van der Waals surface area (Å²) in [5.41, 5.74) is 1.63. The highest BCUT2D eigenvalue weighted by molar-refractivity contribution is 5.99. The van der Waals surface area contributed by atoms with Gasteiger partial charge in [0.1, 0.15) is 0 Å². The van der Waals surface area contributed by atoms with Crippen molar-refractivity contribution in [1.29, 1.82) is 0 Å². The number of rotatable bonds is 2. The minimum Gasteiger partial charge on any atom is -0.368 e. The summed E-state index contributed by atoms with van der Waals surface area (Å²) in [7, 11) is 1.57. The van der Waals surface area contributed by atoms with Crippen LogP contribution in [0.5, 0.6) is 0 Å². The molecule has 0 bridgehead atoms. The van der Waals surface area contributed by atoms with E-state index in [9.17, 15) is 4.79 Å². The summed E-state index contributed by atoms with van der Waals surface area (Å²) in [6, 6.07) is 7.61. The first-order chi connectivity index (χ1) is 8.20. The molecule has 1 saturated heterocycles. The topological polar surface area (TPSA) is 61.6 Å². The Hall–Kier alpha value is -1.59. The molecule has 92 valence electrons. The minimum absolute atomic E-state index is 0.154. The van der Waals surface area contributed by atoms with Gasteiger partial charge in [-0.15, -0.1) is 0 Å². The maximum absolute atomic E-state index is 12.0. The molecule has 0 aliphatic carbocycles. The molecular formula is C12H18N4O. The first-order valence-electron chi connectivity index (χ1n) is 5.77. The summed E-state index contributed by atoms with van der Waals surface area (Å²) in [6.07, 6.45) is 0. The van der Waals surface area contributed by atoms with Crippen LogP contribution in [0.25, 0.3) is 0 Å². The molecule has 17 heavy (non-hydrogen) atoms. The molecule has 0 saturated carbocycles. The fourth-order valence-corrected chi connectivity index (χ4v) is 2.03. The Morgan fingerprint density at radius 3 is 2.65 bits per heavy atom. The lowest BCUT2D eigenvalue weighted by atomic mass is 10.1. The number of hydrogen-bond donors (Lipinski definition) is 2. The molecular weight excluding hydrogens is 216 g/mol. The van der Waals surface area contributed by atoms with Crippen molar-refractivity contribution in [2.24, 2.45) is 5.84 Å². The van der Waals surface area contributed by atoms with Gasteiger partial charge in [0, 0.05) is 38.9 Å². The Balaban J connectivity index is 2.29. The van der Waals surface area contributed by atoms with Crippen LogP contribution < -0.4 is 16.1 Å². The summed E-state index contributed by atoms with van der Waals surface area (Å²) < 4.78 is 0. The van der Waals surface area contributed by atoms with E-state index in [1.807, 2.05) is 24.3 Å². The number of benzene rings is 1. The molecule has 1 heterocycles. The summed E-state index contributed by atoms with van der Waals surface area (Å²) in [5.74, 6) is 5.37. The third-order valence-electron chi connectivity index (χ3n) is 2.91. The highest BCUT2D eigenvalue weighted by Crippen LogP contribution is 2.21. The zero-order valence-electron chi connectivity index (χ0n) is 10.0. The number of hydrogen-bond acceptors (Lipinski definition) is 4. The lowest BCUT2D eigenvalue weighted by Crippen LogP contribution is -2.44. The van der Waals surface area contributed by atoms with Gasteiger partial charge in [-0.2, -0.15) is 0 Å². The zero-order valence-corrected chi connectivity index (χ0v) is 10.0. The van der Waals surface area contributed by atoms with Crippen molar-refractivity contribution in [3.05, 3.63) is 29.8 Å². The fraction of sp³-hybridized carbons (Fsp3) is 0.417. The summed E-state index contributed by atoms with van der Waals surface area (Å²) >= 11 is 0. The van der Waals surface area contributed by atoms with Gasteiger partial charge >= 0.3 is 0 Å². The van der Waals surface area contributed by atoms with Crippen molar-refractivity contribution >= 4 is 11.6 Å². The van der Waals surface area contributed by atoms with Crippen LogP contribution in [0.4, 0.5) is 5.69 Å². The van der Waals surface area contributed by atoms with Crippen LogP contribution in [0.1, 0.15) is 10.4 Å². The van der Waals surface area contributed by atoms with Gasteiger partial charge in [-0.1, -0.05) is 12.1 Å². The second-order valence-corrected chi connectivity index (χ2v) is 4.17. The number of nitrogens with one attached hydrogen (secondary N) is 1. The third-order valence-corrected chi connectivity index (χ3v) is 2.91. The van der Waals surface area contributed by atoms with Gasteiger partial charge in [0.25, 0.3) is 5.91 Å². The molecule has 0 atom stereocenters. The van der Waals surface area contributed by atoms with E-state index in [1.54, 1.807) is 7.05 Å². The molecule has 1 aromatic carbocycles. The third kappa shape index (κ3) is 2.57. The Labute approximate surface area is 101 Å². The van der Waals surface area contributed by atoms with Crippen LogP contribution in [-0.2, 0) is 0 Å². The van der Waals surface area contributed by atoms with Gasteiger partial charge in [0.15, 0.2) is 0 Å². The Kier molecular flexibility index (Phi) is 3.61. The molecule has 1 fully saturated rings. The number of carbonyl (C=O) groups is 1. The van der Waals surface area contributed by atoms with E-state index in [0.29, 0.717) is 5.56 Å². The second kappa shape index (κ2) is 5.16. The molecule has 0 radical (unpaired) electrons. The SMILES string of the molecule is CN(N)C(=O)c1ccccc1N1CCNCC1. The van der Waals surface area contributed by atoms with Crippen molar-refractivity contribution in [3.8, 4) is 0 Å². The van der Waals surface area contributed by atoms with Crippen molar-refractivity contribution < 1.29 is 4.79 Å². The van der Waals surface area contributed by atoms with E-state index in [0.717, 1.165) is 36.9 Å². The monoisotopic (exact) mass is 234 g/mol. The van der Waals surface area contributed by atoms with Gasteiger partial charge in [0.2, 0.25) is 0 Å². The van der Waals surface area contributed by atoms with Gasteiger partial charge in [-0.25, -0.2) is 5.84 Å². The average molecular weight is 234 g/mol. The van der Waals surface area contributed by atoms with E-state index < -0.39 is 0 Å². The molecule has 1 amide bonds. The quantitative estimate of drug-likeness (QED) is 0.431. The Bertz CT molecular complexity index is 399. The van der Waals surface area contributed by atoms with Gasteiger partial charge in [-0.05, 0) is 12.1 Å². The first kappa shape index (κ1) is 11.9. The molecule has 0 aromatic heterocycles. The lowest BCUT2D eigenvalue weighted by Gasteiger charge is -2.31. The molecule has 2 rings (SSSR count). The van der Waals surface area contributed by atoms with E-state index in [1.165, 1.54) is 0 Å². The molecule has 1 aliphatic rings. The molecule has 0 unspecified atom stereocenters. The molecule has 0 spiro atoms. The molecule has 1 aliphatic heterocycles. The molecule has 5 nitrogen and oxygen atoms in total. The maximum Gasteiger partial charge on any atom is 0.269 e. The number of carbonyl (C=O) groups excluding carboxylic acids is 1. The maximum atomic E-state index is 12.0. The zero-order chi connectivity index (χ0) is 12.3. The summed E-state index contributed by atoms with van der Waals surface area (Å²) in [5, 5.41) is 4.42. The van der Waals surface area contributed by atoms with Crippen molar-refractivity contribution in [3.63, 3.8) is 0 Å². The lowest BCUT2D eigenvalue weighted by molar-refractivity contribution is 0.0795. The van der Waals surface area contributed by atoms with Crippen LogP contribution in [0.15, 0.2) is 24.3 Å². The number of nitrogens with zero attached hydrogens (tertiary/aromatic N) is 2. The van der Waals surface area contributed by atoms with Crippen LogP contribution >= 0.6 is 0 Å². The Morgan fingerprint density at radius 2 is 2.00 bits per heavy atom. The normalized spacial score (nSPS) is 15.8. The van der Waals surface area contributed by atoms with Crippen LogP contribution in [0, 0.1) is 0 Å². The fourth-order valence-electron chi connectivity index (χ4n) is 2.03. The van der Waals surface area contributed by atoms with Gasteiger partial charge < -0.3 is 10.2 Å². The van der Waals surface area contributed by atoms with E-state index in [-0.39, 0.29) is 5.91 Å². The number of hydrazine groups is 1. The van der Waals surface area contributed by atoms with Crippen LogP contribution in [0.2, 0.25) is 0 Å². The van der Waals surface area contributed by atoms with E-state index in [2.05, 4.69) is 10.2 Å². The van der Waals surface area contributed by atoms with E-state index >= 15 is 0 Å². The number of para-hydroxylation sites is 1. The standard InChI is InChI=1S/C12H18N4O/c1-15(13)12(17)10-4-2-3-5-11(10)16-8-6-14-7-9-16/h2-5,14H,6-9,13H2,1H3. The van der Waals surface area contributed by atoms with Crippen LogP contribution in [0.3, 0.4) is 0 Å². The highest BCUT2D eigenvalue weighted by atomic mass is 16.2. The summed E-state index contributed by atoms with van der Waals surface area (Å²) in [4.78, 5) is 14.2. The van der Waals surface area contributed by atoms with Crippen molar-refractivity contribution in [1.82, 2.24) is 10.3 Å². The Morgan fingerprint density at radius 1 is 1.35 bits per heavy atom. The predicted molar refractivity (Wildman–Crippen MR) is 67.8 cm³/mol. The summed E-state index contributed by atoms with van der Waals surface area (Å²) in [6.45, 7) is 3.72. The first-order valence-corrected chi connectivity index (χ1v) is 5.77. The second-order valence-electron chi connectivity index (χ2n) is 4.17. The molecule has 3 N–H and O–H groups in total. The number of amides is 1. The van der Waals surface area contributed by atoms with Gasteiger partial charge in [-0.3, -0.25) is 9.80 Å². The minimum atomic E-state index is -0.154. The van der Waals surface area contributed by atoms with E-state index in [4.69, 9.17) is 5.84 Å². The predicted octanol–water partition coefficient (Wildman–Crippen LogP) is 0.0419. The van der Waals surface area contributed by atoms with Crippen molar-refractivity contribution in [2.75, 3.05) is 38.1 Å². The molecule has 5 heteroatoms. The number of nitrogens with two attached hydrogens (primary N) is 1.